The average molecular weight is 322 g/mol. The molecule has 21 heavy (non-hydrogen) atoms. The van der Waals surface area contributed by atoms with Crippen molar-refractivity contribution in [3.63, 3.8) is 0 Å². The van der Waals surface area contributed by atoms with Gasteiger partial charge in [0.2, 0.25) is 15.8 Å². The number of halogens is 1. The lowest BCUT2D eigenvalue weighted by Crippen LogP contribution is -2.43. The minimum atomic E-state index is -4.62. The minimum Gasteiger partial charge on any atom is -0.480 e. The molecule has 0 heterocycles. The van der Waals surface area contributed by atoms with Crippen molar-refractivity contribution in [1.82, 2.24) is 4.72 Å². The average Bonchev–Trinajstić information content (AvgIpc) is 2.37. The first kappa shape index (κ1) is 16.9. The molecule has 0 saturated carbocycles. The second kappa shape index (κ2) is 6.56. The van der Waals surface area contributed by atoms with E-state index in [0.717, 1.165) is 25.3 Å². The summed E-state index contributed by atoms with van der Waals surface area (Å²) in [6, 6.07) is 0.821. The van der Waals surface area contributed by atoms with E-state index in [1.54, 1.807) is 4.72 Å². The number of hydrogen-bond donors (Lipinski definition) is 2. The number of carboxylic acid groups (broad SMARTS) is 1. The van der Waals surface area contributed by atoms with Crippen LogP contribution in [0, 0.1) is 15.9 Å². The predicted molar refractivity (Wildman–Crippen MR) is 66.7 cm³/mol. The maximum Gasteiger partial charge on any atom is 0.324 e. The normalized spacial score (nSPS) is 12.9. The van der Waals surface area contributed by atoms with Crippen LogP contribution >= 0.6 is 0 Å². The molecule has 2 N–H and O–H groups in total. The molecule has 0 aliphatic rings. The summed E-state index contributed by atoms with van der Waals surface area (Å²) in [7, 11) is -3.47. The number of hydrogen-bond acceptors (Lipinski definition) is 6. The third kappa shape index (κ3) is 3.93. The number of sulfonamides is 1. The zero-order valence-electron chi connectivity index (χ0n) is 10.6. The molecule has 0 aliphatic carbocycles. The van der Waals surface area contributed by atoms with Gasteiger partial charge in [0.1, 0.15) is 6.04 Å². The largest absolute Gasteiger partial charge is 0.480 e. The highest BCUT2D eigenvalue weighted by atomic mass is 32.2. The van der Waals surface area contributed by atoms with E-state index in [1.165, 1.54) is 0 Å². The van der Waals surface area contributed by atoms with Gasteiger partial charge in [-0.05, 0) is 12.1 Å². The van der Waals surface area contributed by atoms with Gasteiger partial charge in [0, 0.05) is 7.11 Å². The SMILES string of the molecule is COCC(NS(=O)(=O)c1cccc(F)c1[N+](=O)[O-])C(=O)O. The predicted octanol–water partition coefficient (Wildman–Crippen LogP) is 0.112. The standard InChI is InChI=1S/C10H11FN2O7S/c1-20-5-7(10(14)15)12-21(18,19)8-4-2-3-6(11)9(8)13(16)17/h2-4,7,12H,5H2,1H3,(H,14,15). The Balaban J connectivity index is 3.29. The molecule has 0 radical (unpaired) electrons. The van der Waals surface area contributed by atoms with Crippen LogP contribution in [0.5, 0.6) is 0 Å². The molecule has 1 unspecified atom stereocenters. The smallest absolute Gasteiger partial charge is 0.324 e. The Kier molecular flexibility index (Phi) is 5.29. The van der Waals surface area contributed by atoms with Crippen LogP contribution < -0.4 is 4.72 Å². The van der Waals surface area contributed by atoms with Gasteiger partial charge in [-0.25, -0.2) is 8.42 Å². The van der Waals surface area contributed by atoms with Gasteiger partial charge in [-0.15, -0.1) is 0 Å². The van der Waals surface area contributed by atoms with Gasteiger partial charge < -0.3 is 9.84 Å². The molecule has 11 heteroatoms. The molecule has 0 aromatic heterocycles. The highest BCUT2D eigenvalue weighted by Gasteiger charge is 2.33. The number of ether oxygens (including phenoxy) is 1. The summed E-state index contributed by atoms with van der Waals surface area (Å²) in [4.78, 5) is 19.5. The van der Waals surface area contributed by atoms with Crippen molar-refractivity contribution in [3.05, 3.63) is 34.1 Å². The van der Waals surface area contributed by atoms with Crippen molar-refractivity contribution in [3.8, 4) is 0 Å². The molecule has 0 aliphatic heterocycles. The van der Waals surface area contributed by atoms with E-state index in [-0.39, 0.29) is 0 Å². The molecule has 1 atom stereocenters. The van der Waals surface area contributed by atoms with Crippen LogP contribution in [-0.2, 0) is 19.6 Å². The first-order valence-corrected chi connectivity index (χ1v) is 6.86. The molecule has 1 aromatic rings. The first-order valence-electron chi connectivity index (χ1n) is 5.37. The minimum absolute atomic E-state index is 0.502. The van der Waals surface area contributed by atoms with Gasteiger partial charge in [-0.2, -0.15) is 9.11 Å². The van der Waals surface area contributed by atoms with Crippen LogP contribution in [0.15, 0.2) is 23.1 Å². The summed E-state index contributed by atoms with van der Waals surface area (Å²) in [5.74, 6) is -2.89. The topological polar surface area (TPSA) is 136 Å². The lowest BCUT2D eigenvalue weighted by molar-refractivity contribution is -0.390. The monoisotopic (exact) mass is 322 g/mol. The van der Waals surface area contributed by atoms with Crippen LogP contribution in [0.4, 0.5) is 10.1 Å². The first-order chi connectivity index (χ1) is 9.70. The molecule has 0 amide bonds. The number of nitro groups is 1. The number of aliphatic carboxylic acids is 1. The Morgan fingerprint density at radius 3 is 2.67 bits per heavy atom. The molecular weight excluding hydrogens is 311 g/mol. The number of carbonyl (C=O) groups is 1. The Morgan fingerprint density at radius 2 is 2.19 bits per heavy atom. The fourth-order valence-electron chi connectivity index (χ4n) is 1.46. The number of benzene rings is 1. The lowest BCUT2D eigenvalue weighted by Gasteiger charge is -2.13. The highest BCUT2D eigenvalue weighted by Crippen LogP contribution is 2.26. The fourth-order valence-corrected chi connectivity index (χ4v) is 2.82. The van der Waals surface area contributed by atoms with Gasteiger partial charge in [-0.1, -0.05) is 6.07 Å². The van der Waals surface area contributed by atoms with E-state index in [1.807, 2.05) is 0 Å². The van der Waals surface area contributed by atoms with Crippen molar-refractivity contribution in [2.75, 3.05) is 13.7 Å². The lowest BCUT2D eigenvalue weighted by atomic mass is 10.3. The summed E-state index contributed by atoms with van der Waals surface area (Å²) >= 11 is 0. The summed E-state index contributed by atoms with van der Waals surface area (Å²) < 4.78 is 43.6. The van der Waals surface area contributed by atoms with Crippen molar-refractivity contribution in [2.45, 2.75) is 10.9 Å². The molecule has 116 valence electrons. The van der Waals surface area contributed by atoms with E-state index >= 15 is 0 Å². The van der Waals surface area contributed by atoms with Gasteiger partial charge in [0.25, 0.3) is 0 Å². The number of methoxy groups -OCH3 is 1. The molecule has 9 nitrogen and oxygen atoms in total. The van der Waals surface area contributed by atoms with Crippen LogP contribution in [0.25, 0.3) is 0 Å². The Hall–Kier alpha value is -2.11. The van der Waals surface area contributed by atoms with Gasteiger partial charge in [0.15, 0.2) is 4.90 Å². The fraction of sp³-hybridized carbons (Fsp3) is 0.300. The second-order valence-electron chi connectivity index (χ2n) is 3.81. The van der Waals surface area contributed by atoms with E-state index in [4.69, 9.17) is 5.11 Å². The van der Waals surface area contributed by atoms with Crippen LogP contribution in [-0.4, -0.2) is 44.2 Å². The summed E-state index contributed by atoms with van der Waals surface area (Å²) in [6.45, 7) is -0.502. The number of nitrogens with zero attached hydrogens (tertiary/aromatic N) is 1. The van der Waals surface area contributed by atoms with E-state index in [0.29, 0.717) is 0 Å². The molecule has 0 spiro atoms. The number of carboxylic acids is 1. The Labute approximate surface area is 118 Å². The number of nitro benzene ring substituents is 1. The zero-order chi connectivity index (χ0) is 16.2. The molecular formula is C10H11FN2O7S. The van der Waals surface area contributed by atoms with Crippen molar-refractivity contribution in [2.24, 2.45) is 0 Å². The zero-order valence-corrected chi connectivity index (χ0v) is 11.5. The second-order valence-corrected chi connectivity index (χ2v) is 5.49. The van der Waals surface area contributed by atoms with E-state index in [9.17, 15) is 27.7 Å². The molecule has 1 rings (SSSR count). The van der Waals surface area contributed by atoms with Gasteiger partial charge in [-0.3, -0.25) is 14.9 Å². The van der Waals surface area contributed by atoms with E-state index < -0.39 is 50.0 Å². The molecule has 0 bridgehead atoms. The molecule has 1 aromatic carbocycles. The maximum atomic E-state index is 13.4. The quantitative estimate of drug-likeness (QED) is 0.537. The number of rotatable bonds is 7. The van der Waals surface area contributed by atoms with Crippen molar-refractivity contribution >= 4 is 21.7 Å². The Morgan fingerprint density at radius 1 is 1.57 bits per heavy atom. The summed E-state index contributed by atoms with van der Waals surface area (Å²) in [6.07, 6.45) is 0. The van der Waals surface area contributed by atoms with E-state index in [2.05, 4.69) is 4.74 Å². The van der Waals surface area contributed by atoms with Gasteiger partial charge >= 0.3 is 11.7 Å². The van der Waals surface area contributed by atoms with Crippen LogP contribution in [0.1, 0.15) is 0 Å². The van der Waals surface area contributed by atoms with Crippen molar-refractivity contribution in [1.29, 1.82) is 0 Å². The Bertz CT molecular complexity index is 661. The van der Waals surface area contributed by atoms with Crippen LogP contribution in [0.3, 0.4) is 0 Å². The molecule has 0 fully saturated rings. The summed E-state index contributed by atoms with van der Waals surface area (Å²) in [5.41, 5.74) is -1.26. The third-order valence-corrected chi connectivity index (χ3v) is 3.85. The van der Waals surface area contributed by atoms with Crippen LogP contribution in [0.2, 0.25) is 0 Å². The summed E-state index contributed by atoms with van der Waals surface area (Å²) in [5, 5.41) is 19.6. The van der Waals surface area contributed by atoms with Gasteiger partial charge in [0.05, 0.1) is 11.5 Å². The number of para-hydroxylation sites is 1. The molecule has 0 saturated heterocycles. The maximum absolute atomic E-state index is 13.4. The highest BCUT2D eigenvalue weighted by molar-refractivity contribution is 7.89. The van der Waals surface area contributed by atoms with Crippen molar-refractivity contribution < 1.29 is 32.4 Å². The number of nitrogens with one attached hydrogen (secondary N) is 1. The third-order valence-electron chi connectivity index (χ3n) is 2.35.